The summed E-state index contributed by atoms with van der Waals surface area (Å²) in [5.74, 6) is -1.21. The molecule has 204 valence electrons. The number of hydrogen-bond acceptors (Lipinski definition) is 3. The molecule has 0 spiro atoms. The summed E-state index contributed by atoms with van der Waals surface area (Å²) in [5.41, 5.74) is -1.17. The third kappa shape index (κ3) is 6.71. The lowest BCUT2D eigenvalue weighted by molar-refractivity contribution is -0.830. The molecule has 1 fully saturated rings. The Morgan fingerprint density at radius 1 is 1.11 bits per heavy atom. The Morgan fingerprint density at radius 3 is 2.29 bits per heavy atom. The van der Waals surface area contributed by atoms with Crippen LogP contribution in [0.4, 0.5) is 28.9 Å². The van der Waals surface area contributed by atoms with E-state index in [0.717, 1.165) is 18.0 Å². The maximum absolute atomic E-state index is 14.2. The van der Waals surface area contributed by atoms with Crippen molar-refractivity contribution >= 4 is 28.9 Å². The van der Waals surface area contributed by atoms with Crippen LogP contribution in [0.3, 0.4) is 0 Å². The van der Waals surface area contributed by atoms with Crippen LogP contribution in [-0.4, -0.2) is 18.6 Å². The molecule has 4 rings (SSSR count). The van der Waals surface area contributed by atoms with Crippen LogP contribution in [0.5, 0.6) is 0 Å². The lowest BCUT2D eigenvalue weighted by Crippen LogP contribution is -2.76. The zero-order valence-electron chi connectivity index (χ0n) is 21.5. The molecule has 1 heterocycles. The van der Waals surface area contributed by atoms with Gasteiger partial charge in [0, 0.05) is 28.8 Å². The van der Waals surface area contributed by atoms with E-state index in [4.69, 9.17) is 16.3 Å². The summed E-state index contributed by atoms with van der Waals surface area (Å²) in [6, 6.07) is 18.0. The van der Waals surface area contributed by atoms with Crippen LogP contribution in [0.2, 0.25) is 5.02 Å². The van der Waals surface area contributed by atoms with Gasteiger partial charge < -0.3 is 10.1 Å². The number of nitrogens with two attached hydrogens (primary N) is 1. The Hall–Kier alpha value is -2.98. The third-order valence-electron chi connectivity index (χ3n) is 6.21. The Morgan fingerprint density at radius 2 is 1.76 bits per heavy atom. The van der Waals surface area contributed by atoms with Gasteiger partial charge in [-0.3, -0.25) is 4.79 Å². The first kappa shape index (κ1) is 29.6. The van der Waals surface area contributed by atoms with E-state index in [1.54, 1.807) is 6.92 Å². The quantitative estimate of drug-likeness (QED) is 0.207. The zero-order chi connectivity index (χ0) is 28.1. The van der Waals surface area contributed by atoms with Crippen LogP contribution in [0.15, 0.2) is 66.7 Å². The fraction of sp³-hybridized carbons (Fsp3) is 0.321. The molecule has 0 saturated carbocycles. The fourth-order valence-corrected chi connectivity index (χ4v) is 4.85. The third-order valence-corrected chi connectivity index (χ3v) is 6.52. The van der Waals surface area contributed by atoms with E-state index in [9.17, 15) is 22.4 Å². The molecule has 3 N–H and O–H groups in total. The number of aryl methyl sites for hydroxylation is 1. The standard InChI is InChI=1S/C20H19ClF4N2O3.C8H10/c1-18(16-13(21)5-4-6-14(16)22)10-19(2,30-18)17(28)26-11-7-8-15(27-29-3)12(9-11)20(23,24)25;1-2-8-6-4-3-5-7-8/h4-9,27H,10H2,1-3H3,(H,26,28);3-7H,2H2,1H3/p+1. The minimum atomic E-state index is -4.64. The first-order chi connectivity index (χ1) is 17.8. The maximum Gasteiger partial charge on any atom is 0.422 e. The second-order valence-corrected chi connectivity index (χ2v) is 9.69. The molecule has 0 radical (unpaired) electrons. The van der Waals surface area contributed by atoms with Crippen molar-refractivity contribution in [2.45, 2.75) is 51.0 Å². The van der Waals surface area contributed by atoms with Crippen LogP contribution in [0.1, 0.15) is 43.9 Å². The molecular weight excluding hydrogens is 524 g/mol. The highest BCUT2D eigenvalue weighted by Gasteiger charge is 2.57. The van der Waals surface area contributed by atoms with Gasteiger partial charge in [-0.05, 0) is 50.1 Å². The number of amides is 1. The second-order valence-electron chi connectivity index (χ2n) is 9.28. The zero-order valence-corrected chi connectivity index (χ0v) is 22.2. The number of benzene rings is 3. The van der Waals surface area contributed by atoms with Crippen LogP contribution < -0.4 is 10.8 Å². The Kier molecular flexibility index (Phi) is 9.20. The van der Waals surface area contributed by atoms with Gasteiger partial charge in [0.25, 0.3) is 5.91 Å². The number of hydrogen-bond donors (Lipinski definition) is 2. The van der Waals surface area contributed by atoms with E-state index in [1.807, 2.05) is 6.07 Å². The molecular formula is C28H30ClF4N2O3+. The molecule has 0 aromatic heterocycles. The van der Waals surface area contributed by atoms with Crippen LogP contribution >= 0.6 is 11.6 Å². The number of carbonyl (C=O) groups excluding carboxylic acids is 1. The number of anilines is 1. The van der Waals surface area contributed by atoms with Crippen LogP contribution in [-0.2, 0) is 32.6 Å². The molecule has 10 heteroatoms. The van der Waals surface area contributed by atoms with E-state index in [2.05, 4.69) is 41.3 Å². The van der Waals surface area contributed by atoms with Crippen LogP contribution in [0, 0.1) is 5.82 Å². The fourth-order valence-electron chi connectivity index (χ4n) is 4.49. The average molecular weight is 554 g/mol. The summed E-state index contributed by atoms with van der Waals surface area (Å²) >= 11 is 6.09. The Labute approximate surface area is 224 Å². The molecule has 0 bridgehead atoms. The molecule has 38 heavy (non-hydrogen) atoms. The predicted molar refractivity (Wildman–Crippen MR) is 137 cm³/mol. The molecule has 5 nitrogen and oxygen atoms in total. The highest BCUT2D eigenvalue weighted by molar-refractivity contribution is 6.31. The second kappa shape index (κ2) is 11.8. The SMILES string of the molecule is CCc1ccccc1.CO[NH2+]c1ccc(NC(=O)C2(C)CC(C)(c3c(F)cccc3Cl)O2)cc1C(F)(F)F. The van der Waals surface area contributed by atoms with Gasteiger partial charge in [0.05, 0.1) is 12.7 Å². The van der Waals surface area contributed by atoms with E-state index >= 15 is 0 Å². The normalized spacial score (nSPS) is 20.7. The Balaban J connectivity index is 0.000000427. The number of nitrogens with one attached hydrogen (secondary N) is 1. The first-order valence-electron chi connectivity index (χ1n) is 11.9. The molecule has 3 aromatic rings. The lowest BCUT2D eigenvalue weighted by Gasteiger charge is -2.52. The van der Waals surface area contributed by atoms with E-state index in [1.165, 1.54) is 49.9 Å². The van der Waals surface area contributed by atoms with Gasteiger partial charge >= 0.3 is 6.18 Å². The molecule has 2 unspecified atom stereocenters. The van der Waals surface area contributed by atoms with Gasteiger partial charge in [-0.15, -0.1) is 0 Å². The molecule has 1 aliphatic heterocycles. The van der Waals surface area contributed by atoms with Crippen molar-refractivity contribution in [2.75, 3.05) is 12.4 Å². The molecule has 2 atom stereocenters. The van der Waals surface area contributed by atoms with Gasteiger partial charge in [-0.1, -0.05) is 54.9 Å². The van der Waals surface area contributed by atoms with Gasteiger partial charge in [0.15, 0.2) is 5.69 Å². The number of ether oxygens (including phenoxy) is 1. The van der Waals surface area contributed by atoms with Crippen molar-refractivity contribution in [2.24, 2.45) is 0 Å². The number of quaternary nitrogens is 1. The highest BCUT2D eigenvalue weighted by Crippen LogP contribution is 2.51. The van der Waals surface area contributed by atoms with Crippen molar-refractivity contribution in [3.8, 4) is 0 Å². The number of rotatable bonds is 6. The summed E-state index contributed by atoms with van der Waals surface area (Å²) < 4.78 is 59.9. The first-order valence-corrected chi connectivity index (χ1v) is 12.3. The van der Waals surface area contributed by atoms with Crippen LogP contribution in [0.25, 0.3) is 0 Å². The summed E-state index contributed by atoms with van der Waals surface area (Å²) in [6.07, 6.45) is -3.41. The number of halogens is 5. The van der Waals surface area contributed by atoms with Crippen molar-refractivity contribution in [3.63, 3.8) is 0 Å². The van der Waals surface area contributed by atoms with Gasteiger partial charge in [0.2, 0.25) is 0 Å². The smallest absolute Gasteiger partial charge is 0.354 e. The van der Waals surface area contributed by atoms with Gasteiger partial charge in [0.1, 0.15) is 17.0 Å². The van der Waals surface area contributed by atoms with Crippen molar-refractivity contribution in [1.82, 2.24) is 0 Å². The monoisotopic (exact) mass is 553 g/mol. The summed E-state index contributed by atoms with van der Waals surface area (Å²) in [6.45, 7) is 5.25. The predicted octanol–water partition coefficient (Wildman–Crippen LogP) is 6.54. The van der Waals surface area contributed by atoms with Gasteiger partial charge in [-0.2, -0.15) is 18.7 Å². The minimum Gasteiger partial charge on any atom is -0.354 e. The minimum absolute atomic E-state index is 0.0528. The van der Waals surface area contributed by atoms with Crippen molar-refractivity contribution < 1.29 is 37.4 Å². The number of alkyl halides is 3. The lowest BCUT2D eigenvalue weighted by atomic mass is 9.76. The molecule has 1 saturated heterocycles. The highest BCUT2D eigenvalue weighted by atomic mass is 35.5. The number of carbonyl (C=O) groups is 1. The Bertz CT molecular complexity index is 1240. The van der Waals surface area contributed by atoms with E-state index in [0.29, 0.717) is 0 Å². The van der Waals surface area contributed by atoms with Crippen molar-refractivity contribution in [3.05, 3.63) is 94.3 Å². The molecule has 0 aliphatic carbocycles. The van der Waals surface area contributed by atoms with Crippen molar-refractivity contribution in [1.29, 1.82) is 0 Å². The largest absolute Gasteiger partial charge is 0.422 e. The molecule has 1 amide bonds. The van der Waals surface area contributed by atoms with E-state index < -0.39 is 34.7 Å². The topological polar surface area (TPSA) is 64.2 Å². The summed E-state index contributed by atoms with van der Waals surface area (Å²) in [5, 5.41) is 2.61. The summed E-state index contributed by atoms with van der Waals surface area (Å²) in [4.78, 5) is 17.4. The molecule has 3 aromatic carbocycles. The average Bonchev–Trinajstić information content (AvgIpc) is 2.84. The van der Waals surface area contributed by atoms with E-state index in [-0.39, 0.29) is 28.4 Å². The maximum atomic E-state index is 14.2. The molecule has 1 aliphatic rings. The van der Waals surface area contributed by atoms with Gasteiger partial charge in [-0.25, -0.2) is 9.23 Å². The summed E-state index contributed by atoms with van der Waals surface area (Å²) in [7, 11) is 1.24.